The molecule has 0 amide bonds. The third-order valence-electron chi connectivity index (χ3n) is 6.75. The van der Waals surface area contributed by atoms with Crippen molar-refractivity contribution in [2.45, 2.75) is 68.3 Å². The van der Waals surface area contributed by atoms with Crippen molar-refractivity contribution >= 4 is 25.8 Å². The molecule has 2 bridgehead atoms. The zero-order valence-corrected chi connectivity index (χ0v) is 15.3. The van der Waals surface area contributed by atoms with Gasteiger partial charge in [-0.2, -0.15) is 0 Å². The SMILES string of the molecule is O=C1C2CC(C3CCCC23)C1S(=O)(=O)[N-]S(=O)(=O)C1CCCCC1. The molecule has 4 rings (SSSR count). The third-order valence-corrected chi connectivity index (χ3v) is 11.0. The predicted molar refractivity (Wildman–Crippen MR) is 89.3 cm³/mol. The van der Waals surface area contributed by atoms with Crippen molar-refractivity contribution in [2.24, 2.45) is 23.7 Å². The van der Waals surface area contributed by atoms with E-state index in [0.717, 1.165) is 38.5 Å². The number of nitrogens with zero attached hydrogens (tertiary/aromatic N) is 1. The number of carbonyl (C=O) groups is 1. The molecule has 0 saturated heterocycles. The Hall–Kier alpha value is -0.470. The van der Waals surface area contributed by atoms with Crippen LogP contribution in [0, 0.1) is 23.7 Å². The van der Waals surface area contributed by atoms with Crippen molar-refractivity contribution in [2.75, 3.05) is 0 Å². The molecule has 5 atom stereocenters. The van der Waals surface area contributed by atoms with Crippen LogP contribution in [0.1, 0.15) is 57.8 Å². The average Bonchev–Trinajstić information content (AvgIpc) is 3.18. The van der Waals surface area contributed by atoms with Crippen LogP contribution in [0.15, 0.2) is 0 Å². The number of carbonyl (C=O) groups excluding carboxylic acids is 1. The molecule has 4 aliphatic carbocycles. The molecular weight excluding hydrogens is 350 g/mol. The van der Waals surface area contributed by atoms with E-state index in [0.29, 0.717) is 25.2 Å². The van der Waals surface area contributed by atoms with E-state index in [1.54, 1.807) is 0 Å². The normalized spacial score (nSPS) is 40.2. The Morgan fingerprint density at radius 3 is 2.12 bits per heavy atom. The number of Topliss-reactive ketones (excluding diaryl/α,β-unsaturated/α-hetero) is 1. The lowest BCUT2D eigenvalue weighted by Gasteiger charge is -2.36. The van der Waals surface area contributed by atoms with Crippen molar-refractivity contribution in [3.63, 3.8) is 0 Å². The summed E-state index contributed by atoms with van der Waals surface area (Å²) in [4.78, 5) is 12.6. The van der Waals surface area contributed by atoms with Gasteiger partial charge in [-0.05, 0) is 49.9 Å². The first-order chi connectivity index (χ1) is 11.3. The van der Waals surface area contributed by atoms with Gasteiger partial charge < -0.3 is 4.13 Å². The van der Waals surface area contributed by atoms with Crippen LogP contribution in [0.4, 0.5) is 0 Å². The predicted octanol–water partition coefficient (Wildman–Crippen LogP) is 2.36. The molecule has 6 nitrogen and oxygen atoms in total. The minimum absolute atomic E-state index is 0.185. The first-order valence-electron chi connectivity index (χ1n) is 9.07. The first kappa shape index (κ1) is 17.0. The molecule has 4 fully saturated rings. The number of sulfonamides is 2. The largest absolute Gasteiger partial charge is 0.435 e. The number of hydrogen-bond donors (Lipinski definition) is 0. The van der Waals surface area contributed by atoms with Gasteiger partial charge in [0.1, 0.15) is 5.25 Å². The number of rotatable bonds is 4. The fourth-order valence-electron chi connectivity index (χ4n) is 5.77. The van der Waals surface area contributed by atoms with E-state index in [9.17, 15) is 21.6 Å². The molecule has 8 heteroatoms. The van der Waals surface area contributed by atoms with Crippen molar-refractivity contribution in [3.8, 4) is 0 Å². The van der Waals surface area contributed by atoms with E-state index in [4.69, 9.17) is 0 Å². The highest BCUT2D eigenvalue weighted by molar-refractivity contribution is 8.13. The smallest absolute Gasteiger partial charge is 0.152 e. The molecule has 0 aromatic carbocycles. The van der Waals surface area contributed by atoms with E-state index in [1.165, 1.54) is 0 Å². The van der Waals surface area contributed by atoms with E-state index in [2.05, 4.69) is 4.13 Å². The zero-order chi connectivity index (χ0) is 17.1. The van der Waals surface area contributed by atoms with Gasteiger partial charge in [0.2, 0.25) is 0 Å². The second kappa shape index (κ2) is 5.77. The van der Waals surface area contributed by atoms with Gasteiger partial charge in [0.25, 0.3) is 0 Å². The summed E-state index contributed by atoms with van der Waals surface area (Å²) >= 11 is 0. The summed E-state index contributed by atoms with van der Waals surface area (Å²) in [5.41, 5.74) is 0. The Bertz CT molecular complexity index is 738. The van der Waals surface area contributed by atoms with Crippen molar-refractivity contribution in [1.82, 2.24) is 0 Å². The Kier molecular flexibility index (Phi) is 4.08. The van der Waals surface area contributed by atoms with E-state index in [1.807, 2.05) is 0 Å². The molecule has 0 aliphatic heterocycles. The topological polar surface area (TPSA) is 99.4 Å². The van der Waals surface area contributed by atoms with Crippen LogP contribution in [0.3, 0.4) is 0 Å². The van der Waals surface area contributed by atoms with Crippen LogP contribution in [-0.2, 0) is 24.8 Å². The molecule has 5 unspecified atom stereocenters. The summed E-state index contributed by atoms with van der Waals surface area (Å²) < 4.78 is 53.7. The zero-order valence-electron chi connectivity index (χ0n) is 13.6. The molecular formula is C16H24NO5S2-. The second-order valence-electron chi connectivity index (χ2n) is 7.95. The van der Waals surface area contributed by atoms with Gasteiger partial charge in [0.15, 0.2) is 5.78 Å². The quantitative estimate of drug-likeness (QED) is 0.752. The lowest BCUT2D eigenvalue weighted by atomic mass is 9.81. The Labute approximate surface area is 143 Å². The van der Waals surface area contributed by atoms with Crippen molar-refractivity contribution in [3.05, 3.63) is 4.13 Å². The van der Waals surface area contributed by atoms with Crippen LogP contribution in [0.25, 0.3) is 4.13 Å². The molecule has 0 N–H and O–H groups in total. The van der Waals surface area contributed by atoms with Gasteiger partial charge in [-0.25, -0.2) is 16.8 Å². The summed E-state index contributed by atoms with van der Waals surface area (Å²) in [6, 6.07) is 0. The van der Waals surface area contributed by atoms with Gasteiger partial charge in [-0.15, -0.1) is 0 Å². The summed E-state index contributed by atoms with van der Waals surface area (Å²) in [5, 5.41) is -1.91. The summed E-state index contributed by atoms with van der Waals surface area (Å²) in [5.74, 6) is -0.0881. The lowest BCUT2D eigenvalue weighted by molar-refractivity contribution is -0.123. The molecule has 4 saturated carbocycles. The van der Waals surface area contributed by atoms with E-state index < -0.39 is 30.5 Å². The van der Waals surface area contributed by atoms with Gasteiger partial charge >= 0.3 is 0 Å². The number of ketones is 1. The first-order valence-corrected chi connectivity index (χ1v) is 12.1. The minimum Gasteiger partial charge on any atom is -0.435 e. The Morgan fingerprint density at radius 2 is 1.42 bits per heavy atom. The maximum absolute atomic E-state index is 12.7. The fraction of sp³-hybridized carbons (Fsp3) is 0.938. The Morgan fingerprint density at radius 1 is 0.750 bits per heavy atom. The molecule has 0 aromatic rings. The van der Waals surface area contributed by atoms with Gasteiger partial charge in [0, 0.05) is 11.2 Å². The minimum atomic E-state index is -4.30. The molecule has 4 aliphatic rings. The fourth-order valence-corrected chi connectivity index (χ4v) is 9.94. The highest BCUT2D eigenvalue weighted by atomic mass is 32.3. The number of hydrogen-bond acceptors (Lipinski definition) is 5. The highest BCUT2D eigenvalue weighted by Gasteiger charge is 2.61. The van der Waals surface area contributed by atoms with Crippen molar-refractivity contribution in [1.29, 1.82) is 0 Å². The van der Waals surface area contributed by atoms with Gasteiger partial charge in [-0.1, -0.05) is 25.7 Å². The average molecular weight is 375 g/mol. The van der Waals surface area contributed by atoms with E-state index >= 15 is 0 Å². The van der Waals surface area contributed by atoms with Crippen LogP contribution >= 0.6 is 0 Å². The van der Waals surface area contributed by atoms with E-state index in [-0.39, 0.29) is 23.5 Å². The Balaban J connectivity index is 1.56. The van der Waals surface area contributed by atoms with Gasteiger partial charge in [-0.3, -0.25) is 4.79 Å². The van der Waals surface area contributed by atoms with Crippen LogP contribution in [-0.4, -0.2) is 33.1 Å². The highest BCUT2D eigenvalue weighted by Crippen LogP contribution is 2.59. The third kappa shape index (κ3) is 2.56. The summed E-state index contributed by atoms with van der Waals surface area (Å²) in [7, 11) is -8.35. The maximum Gasteiger partial charge on any atom is 0.152 e. The lowest BCUT2D eigenvalue weighted by Crippen LogP contribution is -2.42. The summed E-state index contributed by atoms with van der Waals surface area (Å²) in [6.07, 6.45) is 7.10. The standard InChI is InChI=1S/C16H24NO5S2/c18-15-13-9-14(12-8-4-7-11(12)13)16(15)24(21,22)17-23(19,20)10-5-2-1-3-6-10/h10-14,16H,1-9H2/q-1. The molecule has 24 heavy (non-hydrogen) atoms. The summed E-state index contributed by atoms with van der Waals surface area (Å²) in [6.45, 7) is 0. The monoisotopic (exact) mass is 374 g/mol. The second-order valence-corrected chi connectivity index (χ2v) is 11.8. The maximum atomic E-state index is 12.7. The van der Waals surface area contributed by atoms with Crippen LogP contribution in [0.2, 0.25) is 0 Å². The van der Waals surface area contributed by atoms with Crippen molar-refractivity contribution < 1.29 is 21.6 Å². The molecule has 0 radical (unpaired) electrons. The van der Waals surface area contributed by atoms with Crippen LogP contribution < -0.4 is 0 Å². The molecule has 0 spiro atoms. The molecule has 136 valence electrons. The molecule has 0 heterocycles. The molecule has 0 aromatic heterocycles. The van der Waals surface area contributed by atoms with Crippen LogP contribution in [0.5, 0.6) is 0 Å². The number of fused-ring (bicyclic) bond motifs is 5. The van der Waals surface area contributed by atoms with Gasteiger partial charge in [0.05, 0.1) is 20.0 Å².